The van der Waals surface area contributed by atoms with Crippen molar-refractivity contribution in [1.29, 1.82) is 0 Å². The second kappa shape index (κ2) is 5.76. The first-order chi connectivity index (χ1) is 10.2. The van der Waals surface area contributed by atoms with Crippen LogP contribution in [0.1, 0.15) is 36.3 Å². The van der Waals surface area contributed by atoms with Crippen molar-refractivity contribution in [2.24, 2.45) is 0 Å². The Morgan fingerprint density at radius 1 is 1.29 bits per heavy atom. The Balaban J connectivity index is 1.56. The highest BCUT2D eigenvalue weighted by Crippen LogP contribution is 2.34. The van der Waals surface area contributed by atoms with Gasteiger partial charge in [-0.15, -0.1) is 0 Å². The molecule has 1 aliphatic carbocycles. The second-order valence-electron chi connectivity index (χ2n) is 5.83. The number of carboxylic acids is 1. The minimum Gasteiger partial charge on any atom is -0.480 e. The van der Waals surface area contributed by atoms with Crippen LogP contribution in [0.15, 0.2) is 24.3 Å². The highest BCUT2D eigenvalue weighted by molar-refractivity contribution is 5.82. The van der Waals surface area contributed by atoms with Gasteiger partial charge >= 0.3 is 12.0 Å². The number of urea groups is 1. The molecule has 1 fully saturated rings. The van der Waals surface area contributed by atoms with Gasteiger partial charge < -0.3 is 15.3 Å². The number of rotatable bonds is 3. The van der Waals surface area contributed by atoms with E-state index in [0.717, 1.165) is 19.3 Å². The maximum Gasteiger partial charge on any atom is 0.326 e. The molecule has 2 N–H and O–H groups in total. The van der Waals surface area contributed by atoms with Crippen molar-refractivity contribution in [3.8, 4) is 0 Å². The molecule has 2 unspecified atom stereocenters. The van der Waals surface area contributed by atoms with Gasteiger partial charge in [-0.2, -0.15) is 0 Å². The van der Waals surface area contributed by atoms with Gasteiger partial charge in [0.2, 0.25) is 0 Å². The summed E-state index contributed by atoms with van der Waals surface area (Å²) in [5.41, 5.74) is 2.64. The fraction of sp³-hybridized carbons (Fsp3) is 0.500. The molecule has 112 valence electrons. The van der Waals surface area contributed by atoms with Crippen LogP contribution in [0, 0.1) is 0 Å². The first-order valence-corrected chi connectivity index (χ1v) is 7.52. The van der Waals surface area contributed by atoms with Crippen molar-refractivity contribution in [3.05, 3.63) is 35.4 Å². The standard InChI is InChI=1S/C16H20N2O3/c19-15(20)14-7-3-4-8-18(14)16(21)17-10-12-9-11-5-1-2-6-13(11)12/h1-2,5-6,12,14H,3-4,7-10H2,(H,17,21)(H,19,20). The first kappa shape index (κ1) is 13.9. The van der Waals surface area contributed by atoms with Crippen molar-refractivity contribution in [2.75, 3.05) is 13.1 Å². The van der Waals surface area contributed by atoms with E-state index in [0.29, 0.717) is 25.4 Å². The number of likely N-dealkylation sites (tertiary alicyclic amines) is 1. The van der Waals surface area contributed by atoms with E-state index in [4.69, 9.17) is 0 Å². The van der Waals surface area contributed by atoms with Crippen molar-refractivity contribution in [3.63, 3.8) is 0 Å². The molecule has 0 saturated carbocycles. The molecule has 0 radical (unpaired) electrons. The van der Waals surface area contributed by atoms with Gasteiger partial charge in [0.1, 0.15) is 6.04 Å². The lowest BCUT2D eigenvalue weighted by Gasteiger charge is -2.35. The first-order valence-electron chi connectivity index (χ1n) is 7.52. The van der Waals surface area contributed by atoms with E-state index in [1.165, 1.54) is 16.0 Å². The van der Waals surface area contributed by atoms with Gasteiger partial charge in [0.15, 0.2) is 0 Å². The third-order valence-corrected chi connectivity index (χ3v) is 4.51. The van der Waals surface area contributed by atoms with Crippen LogP contribution >= 0.6 is 0 Å². The Hall–Kier alpha value is -2.04. The highest BCUT2D eigenvalue weighted by atomic mass is 16.4. The number of carbonyl (C=O) groups excluding carboxylic acids is 1. The number of hydrogen-bond donors (Lipinski definition) is 2. The maximum atomic E-state index is 12.2. The number of aliphatic carboxylic acids is 1. The minimum atomic E-state index is -0.904. The molecule has 2 aliphatic rings. The van der Waals surface area contributed by atoms with Crippen LogP contribution in [0.5, 0.6) is 0 Å². The summed E-state index contributed by atoms with van der Waals surface area (Å²) in [4.78, 5) is 24.9. The average molecular weight is 288 g/mol. The van der Waals surface area contributed by atoms with Crippen LogP contribution in [0.25, 0.3) is 0 Å². The topological polar surface area (TPSA) is 69.6 Å². The number of amides is 2. The van der Waals surface area contributed by atoms with Crippen molar-refractivity contribution < 1.29 is 14.7 Å². The molecular formula is C16H20N2O3. The minimum absolute atomic E-state index is 0.244. The maximum absolute atomic E-state index is 12.2. The fourth-order valence-corrected chi connectivity index (χ4v) is 3.29. The normalized spacial score (nSPS) is 23.9. The molecule has 3 rings (SSSR count). The zero-order chi connectivity index (χ0) is 14.8. The predicted octanol–water partition coefficient (Wildman–Crippen LogP) is 1.97. The van der Waals surface area contributed by atoms with Gasteiger partial charge in [-0.05, 0) is 36.8 Å². The molecule has 0 aromatic heterocycles. The van der Waals surface area contributed by atoms with Crippen LogP contribution in [0.4, 0.5) is 4.79 Å². The molecule has 0 bridgehead atoms. The monoisotopic (exact) mass is 288 g/mol. The zero-order valence-corrected chi connectivity index (χ0v) is 11.9. The lowest BCUT2D eigenvalue weighted by Crippen LogP contribution is -2.52. The molecule has 1 aromatic rings. The fourth-order valence-electron chi connectivity index (χ4n) is 3.29. The quantitative estimate of drug-likeness (QED) is 0.893. The van der Waals surface area contributed by atoms with Gasteiger partial charge in [0, 0.05) is 19.0 Å². The molecule has 5 nitrogen and oxygen atoms in total. The highest BCUT2D eigenvalue weighted by Gasteiger charge is 2.33. The molecule has 1 aliphatic heterocycles. The van der Waals surface area contributed by atoms with E-state index in [9.17, 15) is 14.7 Å². The summed E-state index contributed by atoms with van der Waals surface area (Å²) in [5, 5.41) is 12.1. The SMILES string of the molecule is O=C(O)C1CCCCN1C(=O)NCC1Cc2ccccc21. The number of carboxylic acid groups (broad SMARTS) is 1. The van der Waals surface area contributed by atoms with E-state index in [-0.39, 0.29) is 6.03 Å². The van der Waals surface area contributed by atoms with Crippen LogP contribution in [0.3, 0.4) is 0 Å². The number of carbonyl (C=O) groups is 2. The summed E-state index contributed by atoms with van der Waals surface area (Å²) < 4.78 is 0. The van der Waals surface area contributed by atoms with E-state index < -0.39 is 12.0 Å². The van der Waals surface area contributed by atoms with E-state index in [2.05, 4.69) is 17.4 Å². The summed E-state index contributed by atoms with van der Waals surface area (Å²) in [6, 6.07) is 7.32. The third kappa shape index (κ3) is 2.73. The number of piperidine rings is 1. The number of nitrogens with zero attached hydrogens (tertiary/aromatic N) is 1. The average Bonchev–Trinajstić information content (AvgIpc) is 2.48. The Labute approximate surface area is 123 Å². The zero-order valence-electron chi connectivity index (χ0n) is 11.9. The van der Waals surface area contributed by atoms with Gasteiger partial charge in [0.05, 0.1) is 0 Å². The van der Waals surface area contributed by atoms with Gasteiger partial charge in [-0.1, -0.05) is 24.3 Å². The molecule has 1 heterocycles. The molecule has 1 aromatic carbocycles. The summed E-state index contributed by atoms with van der Waals surface area (Å²) in [6.45, 7) is 1.11. The van der Waals surface area contributed by atoms with Crippen LogP contribution in [-0.4, -0.2) is 41.1 Å². The Morgan fingerprint density at radius 2 is 2.10 bits per heavy atom. The Morgan fingerprint density at radius 3 is 2.86 bits per heavy atom. The molecular weight excluding hydrogens is 268 g/mol. The van der Waals surface area contributed by atoms with E-state index >= 15 is 0 Å². The molecule has 2 atom stereocenters. The van der Waals surface area contributed by atoms with Crippen molar-refractivity contribution in [1.82, 2.24) is 10.2 Å². The lowest BCUT2D eigenvalue weighted by molar-refractivity contribution is -0.143. The predicted molar refractivity (Wildman–Crippen MR) is 78.3 cm³/mol. The van der Waals surface area contributed by atoms with E-state index in [1.54, 1.807) is 0 Å². The number of benzene rings is 1. The van der Waals surface area contributed by atoms with Crippen molar-refractivity contribution >= 4 is 12.0 Å². The Kier molecular flexibility index (Phi) is 3.82. The van der Waals surface area contributed by atoms with E-state index in [1.807, 2.05) is 12.1 Å². The van der Waals surface area contributed by atoms with Crippen LogP contribution < -0.4 is 5.32 Å². The van der Waals surface area contributed by atoms with Crippen LogP contribution in [-0.2, 0) is 11.2 Å². The Bertz CT molecular complexity index is 558. The van der Waals surface area contributed by atoms with Gasteiger partial charge in [0.25, 0.3) is 0 Å². The van der Waals surface area contributed by atoms with Gasteiger partial charge in [-0.25, -0.2) is 9.59 Å². The molecule has 5 heteroatoms. The van der Waals surface area contributed by atoms with Gasteiger partial charge in [-0.3, -0.25) is 0 Å². The largest absolute Gasteiger partial charge is 0.480 e. The molecule has 1 saturated heterocycles. The summed E-state index contributed by atoms with van der Waals surface area (Å²) in [5.74, 6) is -0.544. The van der Waals surface area contributed by atoms with Crippen LogP contribution in [0.2, 0.25) is 0 Å². The number of nitrogens with one attached hydrogen (secondary N) is 1. The smallest absolute Gasteiger partial charge is 0.326 e. The summed E-state index contributed by atoms with van der Waals surface area (Å²) in [7, 11) is 0. The molecule has 2 amide bonds. The molecule has 0 spiro atoms. The second-order valence-corrected chi connectivity index (χ2v) is 5.83. The molecule has 21 heavy (non-hydrogen) atoms. The lowest BCUT2D eigenvalue weighted by atomic mass is 9.78. The number of hydrogen-bond acceptors (Lipinski definition) is 2. The summed E-state index contributed by atoms with van der Waals surface area (Å²) in [6.07, 6.45) is 3.29. The third-order valence-electron chi connectivity index (χ3n) is 4.51. The number of fused-ring (bicyclic) bond motifs is 1. The summed E-state index contributed by atoms with van der Waals surface area (Å²) >= 11 is 0. The van der Waals surface area contributed by atoms with Crippen molar-refractivity contribution in [2.45, 2.75) is 37.6 Å².